The SMILES string of the molecule is Cc1ncc(-c2ccccc2C#N)nc1-c1nnc(-c2ccccc2)o1.[HH]. The van der Waals surface area contributed by atoms with E-state index >= 15 is 0 Å². The molecule has 4 aromatic rings. The lowest BCUT2D eigenvalue weighted by atomic mass is 10.1. The van der Waals surface area contributed by atoms with Crippen LogP contribution in [0, 0.1) is 18.3 Å². The van der Waals surface area contributed by atoms with E-state index in [1.54, 1.807) is 12.3 Å². The van der Waals surface area contributed by atoms with E-state index < -0.39 is 0 Å². The topological polar surface area (TPSA) is 88.5 Å². The van der Waals surface area contributed by atoms with Crippen molar-refractivity contribution in [3.8, 4) is 40.4 Å². The van der Waals surface area contributed by atoms with Crippen LogP contribution >= 0.6 is 0 Å². The summed E-state index contributed by atoms with van der Waals surface area (Å²) >= 11 is 0. The van der Waals surface area contributed by atoms with Gasteiger partial charge in [-0.15, -0.1) is 10.2 Å². The quantitative estimate of drug-likeness (QED) is 0.552. The summed E-state index contributed by atoms with van der Waals surface area (Å²) in [6.45, 7) is 1.83. The first-order valence-electron chi connectivity index (χ1n) is 7.98. The summed E-state index contributed by atoms with van der Waals surface area (Å²) in [5.74, 6) is 0.717. The Balaban J connectivity index is 0.00000210. The second-order valence-electron chi connectivity index (χ2n) is 5.63. The maximum atomic E-state index is 9.31. The molecule has 4 rings (SSSR count). The zero-order valence-electron chi connectivity index (χ0n) is 13.9. The highest BCUT2D eigenvalue weighted by molar-refractivity contribution is 5.69. The minimum Gasteiger partial charge on any atom is -0.415 e. The van der Waals surface area contributed by atoms with Crippen molar-refractivity contribution in [2.24, 2.45) is 0 Å². The Morgan fingerprint density at radius 1 is 0.962 bits per heavy atom. The number of aromatic nitrogens is 4. The van der Waals surface area contributed by atoms with Gasteiger partial charge >= 0.3 is 0 Å². The highest BCUT2D eigenvalue weighted by atomic mass is 16.4. The molecular weight excluding hydrogens is 326 g/mol. The van der Waals surface area contributed by atoms with E-state index in [2.05, 4.69) is 26.2 Å². The molecule has 6 heteroatoms. The van der Waals surface area contributed by atoms with Crippen LogP contribution in [0.25, 0.3) is 34.3 Å². The van der Waals surface area contributed by atoms with Gasteiger partial charge in [0, 0.05) is 12.6 Å². The first kappa shape index (κ1) is 15.7. The molecule has 2 heterocycles. The molecule has 2 aromatic heterocycles. The van der Waals surface area contributed by atoms with Crippen molar-refractivity contribution in [3.63, 3.8) is 0 Å². The Kier molecular flexibility index (Phi) is 3.96. The molecule has 0 unspecified atom stereocenters. The summed E-state index contributed by atoms with van der Waals surface area (Å²) in [5.41, 5.74) is 3.85. The number of nitrogens with zero attached hydrogens (tertiary/aromatic N) is 5. The van der Waals surface area contributed by atoms with Gasteiger partial charge in [0.2, 0.25) is 5.89 Å². The minimum absolute atomic E-state index is 0. The van der Waals surface area contributed by atoms with Crippen molar-refractivity contribution in [1.82, 2.24) is 20.2 Å². The number of rotatable bonds is 3. The van der Waals surface area contributed by atoms with Crippen LogP contribution in [0.2, 0.25) is 0 Å². The van der Waals surface area contributed by atoms with E-state index in [0.29, 0.717) is 40.0 Å². The van der Waals surface area contributed by atoms with E-state index in [0.717, 1.165) is 5.56 Å². The summed E-state index contributed by atoms with van der Waals surface area (Å²) < 4.78 is 5.79. The number of nitriles is 1. The standard InChI is InChI=1S/C20H13N5O.H2/c1-13-18(20-25-24-19(26-20)14-7-3-2-4-8-14)23-17(12-22-13)16-10-6-5-9-15(16)11-21;/h2-10,12H,1H3;1H. The Morgan fingerprint density at radius 2 is 1.69 bits per heavy atom. The van der Waals surface area contributed by atoms with Crippen LogP contribution in [-0.4, -0.2) is 20.2 Å². The predicted molar refractivity (Wildman–Crippen MR) is 97.8 cm³/mol. The zero-order chi connectivity index (χ0) is 17.9. The maximum absolute atomic E-state index is 9.31. The number of hydrogen-bond acceptors (Lipinski definition) is 6. The number of benzene rings is 2. The molecule has 0 atom stereocenters. The summed E-state index contributed by atoms with van der Waals surface area (Å²) in [6.07, 6.45) is 1.64. The molecule has 0 fully saturated rings. The van der Waals surface area contributed by atoms with Gasteiger partial charge in [0.15, 0.2) is 0 Å². The van der Waals surface area contributed by atoms with Crippen LogP contribution in [0.3, 0.4) is 0 Å². The Morgan fingerprint density at radius 3 is 2.50 bits per heavy atom. The van der Waals surface area contributed by atoms with Gasteiger partial charge in [-0.05, 0) is 25.1 Å². The third-order valence-corrected chi connectivity index (χ3v) is 3.93. The largest absolute Gasteiger partial charge is 0.415 e. The van der Waals surface area contributed by atoms with Crippen molar-refractivity contribution in [2.45, 2.75) is 6.92 Å². The normalized spacial score (nSPS) is 10.5. The molecule has 0 amide bonds. The van der Waals surface area contributed by atoms with Crippen LogP contribution in [0.15, 0.2) is 65.2 Å². The van der Waals surface area contributed by atoms with Crippen molar-refractivity contribution < 1.29 is 5.84 Å². The fraction of sp³-hybridized carbons (Fsp3) is 0.0500. The van der Waals surface area contributed by atoms with Gasteiger partial charge in [0.05, 0.1) is 29.2 Å². The van der Waals surface area contributed by atoms with Crippen LogP contribution in [0.4, 0.5) is 0 Å². The Bertz CT molecular complexity index is 1120. The van der Waals surface area contributed by atoms with Gasteiger partial charge in [-0.25, -0.2) is 4.98 Å². The van der Waals surface area contributed by atoms with Crippen molar-refractivity contribution in [1.29, 1.82) is 5.26 Å². The lowest BCUT2D eigenvalue weighted by Crippen LogP contribution is -1.96. The molecule has 0 saturated heterocycles. The molecule has 26 heavy (non-hydrogen) atoms. The van der Waals surface area contributed by atoms with Crippen LogP contribution < -0.4 is 0 Å². The summed E-state index contributed by atoms with van der Waals surface area (Å²) in [5, 5.41) is 17.5. The van der Waals surface area contributed by atoms with Gasteiger partial charge in [0.25, 0.3) is 5.89 Å². The van der Waals surface area contributed by atoms with Crippen molar-refractivity contribution in [2.75, 3.05) is 0 Å². The smallest absolute Gasteiger partial charge is 0.268 e. The van der Waals surface area contributed by atoms with E-state index in [-0.39, 0.29) is 1.43 Å². The van der Waals surface area contributed by atoms with E-state index in [1.807, 2.05) is 55.5 Å². The molecule has 6 nitrogen and oxygen atoms in total. The van der Waals surface area contributed by atoms with E-state index in [4.69, 9.17) is 4.42 Å². The second-order valence-corrected chi connectivity index (χ2v) is 5.63. The van der Waals surface area contributed by atoms with Crippen LogP contribution in [0.1, 0.15) is 12.7 Å². The van der Waals surface area contributed by atoms with E-state index in [9.17, 15) is 5.26 Å². The fourth-order valence-electron chi connectivity index (χ4n) is 2.60. The fourth-order valence-corrected chi connectivity index (χ4v) is 2.60. The highest BCUT2D eigenvalue weighted by Crippen LogP contribution is 2.27. The molecule has 0 N–H and O–H groups in total. The highest BCUT2D eigenvalue weighted by Gasteiger charge is 2.16. The third kappa shape index (κ3) is 2.82. The molecule has 0 radical (unpaired) electrons. The Labute approximate surface area is 151 Å². The van der Waals surface area contributed by atoms with E-state index in [1.165, 1.54) is 0 Å². The predicted octanol–water partition coefficient (Wildman–Crippen LogP) is 4.29. The lowest BCUT2D eigenvalue weighted by Gasteiger charge is -2.06. The molecule has 0 bridgehead atoms. The van der Waals surface area contributed by atoms with Crippen LogP contribution in [0.5, 0.6) is 0 Å². The molecule has 2 aromatic carbocycles. The molecule has 0 spiro atoms. The van der Waals surface area contributed by atoms with Crippen molar-refractivity contribution >= 4 is 0 Å². The second kappa shape index (κ2) is 6.57. The molecule has 0 saturated carbocycles. The average Bonchev–Trinajstić information content (AvgIpc) is 3.19. The Hall–Kier alpha value is -3.85. The van der Waals surface area contributed by atoms with Gasteiger partial charge in [0.1, 0.15) is 5.69 Å². The summed E-state index contributed by atoms with van der Waals surface area (Å²) in [6, 6.07) is 19.0. The average molecular weight is 341 g/mol. The third-order valence-electron chi connectivity index (χ3n) is 3.93. The molecule has 126 valence electrons. The monoisotopic (exact) mass is 341 g/mol. The van der Waals surface area contributed by atoms with Crippen LogP contribution in [-0.2, 0) is 0 Å². The molecule has 0 aliphatic heterocycles. The molecule has 0 aliphatic rings. The maximum Gasteiger partial charge on any atom is 0.268 e. The summed E-state index contributed by atoms with van der Waals surface area (Å²) in [4.78, 5) is 9.01. The number of aryl methyl sites for hydroxylation is 1. The van der Waals surface area contributed by atoms with Gasteiger partial charge in [-0.1, -0.05) is 36.4 Å². The zero-order valence-corrected chi connectivity index (χ0v) is 13.9. The summed E-state index contributed by atoms with van der Waals surface area (Å²) in [7, 11) is 0. The van der Waals surface area contributed by atoms with Gasteiger partial charge in [-0.3, -0.25) is 4.98 Å². The lowest BCUT2D eigenvalue weighted by molar-refractivity contribution is 0.581. The van der Waals surface area contributed by atoms with Gasteiger partial charge in [-0.2, -0.15) is 5.26 Å². The van der Waals surface area contributed by atoms with Gasteiger partial charge < -0.3 is 4.42 Å². The van der Waals surface area contributed by atoms with Crippen molar-refractivity contribution in [3.05, 3.63) is 72.1 Å². The molecular formula is C20H15N5O. The minimum atomic E-state index is 0. The molecule has 0 aliphatic carbocycles. The first-order chi connectivity index (χ1) is 12.8. The first-order valence-corrected chi connectivity index (χ1v) is 7.98. The number of hydrogen-bond donors (Lipinski definition) is 0.